The number of hydrogen-bond acceptors (Lipinski definition) is 3. The Labute approximate surface area is 88.9 Å². The van der Waals surface area contributed by atoms with E-state index >= 15 is 0 Å². The van der Waals surface area contributed by atoms with Crippen molar-refractivity contribution in [3.8, 4) is 0 Å². The normalized spacial score (nSPS) is 10.7. The Morgan fingerprint density at radius 2 is 1.60 bits per heavy atom. The molecule has 0 radical (unpaired) electrons. The van der Waals surface area contributed by atoms with Crippen LogP contribution in [0.1, 0.15) is 12.5 Å². The first-order valence-electron chi connectivity index (χ1n) is 5.00. The van der Waals surface area contributed by atoms with Crippen LogP contribution in [0, 0.1) is 0 Å². The van der Waals surface area contributed by atoms with Crippen LogP contribution in [0.4, 0.5) is 17.1 Å². The van der Waals surface area contributed by atoms with E-state index in [0.29, 0.717) is 17.1 Å². The van der Waals surface area contributed by atoms with Crippen LogP contribution < -0.4 is 17.2 Å². The van der Waals surface area contributed by atoms with E-state index in [1.807, 2.05) is 24.3 Å². The largest absolute Gasteiger partial charge is 0.398 e. The predicted octanol–water partition coefficient (Wildman–Crippen LogP) is 2.15. The van der Waals surface area contributed by atoms with Gasteiger partial charge in [-0.3, -0.25) is 0 Å². The monoisotopic (exact) mass is 201 g/mol. The molecule has 0 amide bonds. The van der Waals surface area contributed by atoms with Gasteiger partial charge in [0.2, 0.25) is 0 Å². The smallest absolute Gasteiger partial charge is 0.0648 e. The number of anilines is 3. The fourth-order valence-electron chi connectivity index (χ4n) is 1.89. The van der Waals surface area contributed by atoms with Crippen LogP contribution in [-0.2, 0) is 6.42 Å². The molecule has 0 aromatic heterocycles. The van der Waals surface area contributed by atoms with E-state index in [0.717, 1.165) is 17.2 Å². The molecule has 3 nitrogen and oxygen atoms in total. The highest BCUT2D eigenvalue weighted by Gasteiger charge is 2.07. The van der Waals surface area contributed by atoms with Crippen molar-refractivity contribution >= 4 is 27.8 Å². The van der Waals surface area contributed by atoms with Crippen LogP contribution in [-0.4, -0.2) is 0 Å². The number of hydrogen-bond donors (Lipinski definition) is 3. The third kappa shape index (κ3) is 1.36. The number of nitrogen functional groups attached to an aromatic ring is 3. The minimum Gasteiger partial charge on any atom is -0.398 e. The second-order valence-corrected chi connectivity index (χ2v) is 3.66. The summed E-state index contributed by atoms with van der Waals surface area (Å²) in [5, 5.41) is 1.98. The van der Waals surface area contributed by atoms with Crippen molar-refractivity contribution in [1.29, 1.82) is 0 Å². The first kappa shape index (κ1) is 9.65. The number of nitrogens with two attached hydrogens (primary N) is 3. The van der Waals surface area contributed by atoms with Crippen molar-refractivity contribution < 1.29 is 0 Å². The third-order valence-electron chi connectivity index (χ3n) is 2.76. The van der Waals surface area contributed by atoms with E-state index < -0.39 is 0 Å². The lowest BCUT2D eigenvalue weighted by molar-refractivity contribution is 1.16. The van der Waals surface area contributed by atoms with Gasteiger partial charge in [0.15, 0.2) is 0 Å². The lowest BCUT2D eigenvalue weighted by Crippen LogP contribution is -1.99. The van der Waals surface area contributed by atoms with Crippen LogP contribution in [0.5, 0.6) is 0 Å². The summed E-state index contributed by atoms with van der Waals surface area (Å²) in [6.45, 7) is 2.11. The molecule has 15 heavy (non-hydrogen) atoms. The number of fused-ring (bicyclic) bond motifs is 1. The average Bonchev–Trinajstić information content (AvgIpc) is 2.24. The van der Waals surface area contributed by atoms with E-state index in [9.17, 15) is 0 Å². The fraction of sp³-hybridized carbons (Fsp3) is 0.167. The molecule has 0 aliphatic carbocycles. The van der Waals surface area contributed by atoms with E-state index in [2.05, 4.69) is 6.92 Å². The Morgan fingerprint density at radius 1 is 0.933 bits per heavy atom. The van der Waals surface area contributed by atoms with Gasteiger partial charge in [0, 0.05) is 11.1 Å². The van der Waals surface area contributed by atoms with Crippen molar-refractivity contribution in [1.82, 2.24) is 0 Å². The first-order valence-corrected chi connectivity index (χ1v) is 5.00. The minimum atomic E-state index is 0.584. The summed E-state index contributed by atoms with van der Waals surface area (Å²) in [6, 6.07) is 7.73. The molecule has 2 aromatic carbocycles. The highest BCUT2D eigenvalue weighted by Crippen LogP contribution is 2.33. The molecule has 0 saturated heterocycles. The van der Waals surface area contributed by atoms with Gasteiger partial charge < -0.3 is 17.2 Å². The van der Waals surface area contributed by atoms with Gasteiger partial charge in [0.1, 0.15) is 0 Å². The van der Waals surface area contributed by atoms with E-state index in [-0.39, 0.29) is 0 Å². The highest BCUT2D eigenvalue weighted by molar-refractivity contribution is 6.06. The molecule has 0 aliphatic rings. The van der Waals surface area contributed by atoms with Crippen molar-refractivity contribution in [3.05, 3.63) is 29.8 Å². The van der Waals surface area contributed by atoms with Gasteiger partial charge in [-0.25, -0.2) is 0 Å². The van der Waals surface area contributed by atoms with E-state index in [1.165, 1.54) is 5.56 Å². The average molecular weight is 201 g/mol. The summed E-state index contributed by atoms with van der Waals surface area (Å²) < 4.78 is 0. The van der Waals surface area contributed by atoms with Gasteiger partial charge in [0.05, 0.1) is 11.4 Å². The zero-order valence-corrected chi connectivity index (χ0v) is 8.75. The van der Waals surface area contributed by atoms with Crippen molar-refractivity contribution in [3.63, 3.8) is 0 Å². The summed E-state index contributed by atoms with van der Waals surface area (Å²) >= 11 is 0. The van der Waals surface area contributed by atoms with Gasteiger partial charge in [-0.05, 0) is 29.5 Å². The Hall–Kier alpha value is -1.90. The summed E-state index contributed by atoms with van der Waals surface area (Å²) in [5.41, 5.74) is 20.7. The fourth-order valence-corrected chi connectivity index (χ4v) is 1.89. The Bertz CT molecular complexity index is 518. The van der Waals surface area contributed by atoms with Crippen molar-refractivity contribution in [2.45, 2.75) is 13.3 Å². The third-order valence-corrected chi connectivity index (χ3v) is 2.76. The van der Waals surface area contributed by atoms with Crippen LogP contribution in [0.2, 0.25) is 0 Å². The second-order valence-electron chi connectivity index (χ2n) is 3.66. The summed E-state index contributed by atoms with van der Waals surface area (Å²) in [5.74, 6) is 0. The maximum Gasteiger partial charge on any atom is 0.0648 e. The highest BCUT2D eigenvalue weighted by atomic mass is 14.7. The molecule has 0 atom stereocenters. The molecule has 0 fully saturated rings. The Kier molecular flexibility index (Phi) is 2.15. The van der Waals surface area contributed by atoms with E-state index in [1.54, 1.807) is 0 Å². The molecule has 0 spiro atoms. The van der Waals surface area contributed by atoms with Gasteiger partial charge in [-0.1, -0.05) is 19.1 Å². The SMILES string of the molecule is CCc1ccc(N)c2c(N)c(N)ccc12. The lowest BCUT2D eigenvalue weighted by atomic mass is 9.99. The molecular formula is C12H15N3. The summed E-state index contributed by atoms with van der Waals surface area (Å²) in [7, 11) is 0. The summed E-state index contributed by atoms with van der Waals surface area (Å²) in [4.78, 5) is 0. The topological polar surface area (TPSA) is 78.1 Å². The number of benzene rings is 2. The minimum absolute atomic E-state index is 0.584. The molecule has 78 valence electrons. The van der Waals surface area contributed by atoms with E-state index in [4.69, 9.17) is 17.2 Å². The second kappa shape index (κ2) is 3.35. The van der Waals surface area contributed by atoms with Crippen LogP contribution in [0.25, 0.3) is 10.8 Å². The van der Waals surface area contributed by atoms with Crippen LogP contribution in [0.15, 0.2) is 24.3 Å². The maximum atomic E-state index is 5.94. The molecule has 0 heterocycles. The predicted molar refractivity (Wildman–Crippen MR) is 66.6 cm³/mol. The van der Waals surface area contributed by atoms with Gasteiger partial charge >= 0.3 is 0 Å². The quantitative estimate of drug-likeness (QED) is 0.618. The number of rotatable bonds is 1. The number of aryl methyl sites for hydroxylation is 1. The Morgan fingerprint density at radius 3 is 2.27 bits per heavy atom. The maximum absolute atomic E-state index is 5.94. The van der Waals surface area contributed by atoms with Crippen molar-refractivity contribution in [2.24, 2.45) is 0 Å². The zero-order valence-electron chi connectivity index (χ0n) is 8.75. The molecule has 0 saturated carbocycles. The van der Waals surface area contributed by atoms with Crippen molar-refractivity contribution in [2.75, 3.05) is 17.2 Å². The standard InChI is InChI=1S/C12H15N3/c1-2-7-3-5-9(13)11-8(7)4-6-10(14)12(11)15/h3-6H,2,13-15H2,1H3. The van der Waals surface area contributed by atoms with Gasteiger partial charge in [-0.2, -0.15) is 0 Å². The van der Waals surface area contributed by atoms with Gasteiger partial charge in [0.25, 0.3) is 0 Å². The lowest BCUT2D eigenvalue weighted by Gasteiger charge is -2.11. The molecule has 2 rings (SSSR count). The Balaban J connectivity index is 2.93. The van der Waals surface area contributed by atoms with Gasteiger partial charge in [-0.15, -0.1) is 0 Å². The zero-order chi connectivity index (χ0) is 11.0. The molecular weight excluding hydrogens is 186 g/mol. The molecule has 0 unspecified atom stereocenters. The van der Waals surface area contributed by atoms with Crippen LogP contribution in [0.3, 0.4) is 0 Å². The first-order chi connectivity index (χ1) is 7.15. The molecule has 6 N–H and O–H groups in total. The molecule has 2 aromatic rings. The molecule has 3 heteroatoms. The van der Waals surface area contributed by atoms with Crippen LogP contribution >= 0.6 is 0 Å². The summed E-state index contributed by atoms with van der Waals surface area (Å²) in [6.07, 6.45) is 0.958. The molecule has 0 bridgehead atoms. The molecule has 0 aliphatic heterocycles.